The molecule has 3 N–H and O–H groups in total. The highest BCUT2D eigenvalue weighted by atomic mass is 14.6. The van der Waals surface area contributed by atoms with Gasteiger partial charge in [0.1, 0.15) is 0 Å². The predicted octanol–water partition coefficient (Wildman–Crippen LogP) is 1.83. The molecule has 0 spiro atoms. The maximum Gasteiger partial charge on any atom is 0.0375 e. The zero-order chi connectivity index (χ0) is 8.31. The van der Waals surface area contributed by atoms with E-state index in [1.165, 1.54) is 0 Å². The molecular weight excluding hydrogens is 124 g/mol. The van der Waals surface area contributed by atoms with Gasteiger partial charge in [0.2, 0.25) is 0 Å². The van der Waals surface area contributed by atoms with Gasteiger partial charge < -0.3 is 11.1 Å². The number of allylic oxidation sites excluding steroid dienone is 2. The summed E-state index contributed by atoms with van der Waals surface area (Å²) in [5, 5.41) is 7.31. The molecule has 0 bridgehead atoms. The summed E-state index contributed by atoms with van der Waals surface area (Å²) >= 11 is 0. The number of nitrogens with two attached hydrogens (primary N) is 1. The highest BCUT2D eigenvalue weighted by Crippen LogP contribution is 2.09. The van der Waals surface area contributed by atoms with Crippen LogP contribution in [0.4, 0.5) is 0 Å². The van der Waals surface area contributed by atoms with E-state index in [0.717, 1.165) is 11.1 Å². The largest absolute Gasteiger partial charge is 0.399 e. The van der Waals surface area contributed by atoms with Crippen molar-refractivity contribution in [1.29, 1.82) is 5.41 Å². The first kappa shape index (κ1) is 8.95. The maximum absolute atomic E-state index is 7.31. The molecule has 0 radical (unpaired) electrons. The zero-order valence-corrected chi connectivity index (χ0v) is 6.78. The molecule has 0 aliphatic rings. The predicted molar refractivity (Wildman–Crippen MR) is 45.1 cm³/mol. The van der Waals surface area contributed by atoms with Crippen LogP contribution in [0.15, 0.2) is 23.4 Å². The molecule has 0 aromatic rings. The second-order valence-corrected chi connectivity index (χ2v) is 2.53. The van der Waals surface area contributed by atoms with Crippen LogP contribution < -0.4 is 5.73 Å². The third kappa shape index (κ3) is 2.05. The van der Waals surface area contributed by atoms with Crippen LogP contribution >= 0.6 is 0 Å². The van der Waals surface area contributed by atoms with Crippen LogP contribution in [0, 0.1) is 5.41 Å². The Kier molecular flexibility index (Phi) is 2.87. The highest BCUT2D eigenvalue weighted by Gasteiger charge is 2.02. The van der Waals surface area contributed by atoms with E-state index >= 15 is 0 Å². The Morgan fingerprint density at radius 1 is 1.30 bits per heavy atom. The van der Waals surface area contributed by atoms with Crippen molar-refractivity contribution in [3.05, 3.63) is 23.4 Å². The van der Waals surface area contributed by atoms with Crippen molar-refractivity contribution >= 4 is 5.71 Å². The standard InChI is InChI=1S/C8H14N2/c1-5(2)8(6(3)9)7(4)10/h10H,3,9H2,1-2,4H3. The van der Waals surface area contributed by atoms with E-state index < -0.39 is 0 Å². The molecule has 10 heavy (non-hydrogen) atoms. The summed E-state index contributed by atoms with van der Waals surface area (Å²) in [5.74, 6) is 0. The summed E-state index contributed by atoms with van der Waals surface area (Å²) in [6, 6.07) is 0. The summed E-state index contributed by atoms with van der Waals surface area (Å²) in [6.45, 7) is 9.13. The summed E-state index contributed by atoms with van der Waals surface area (Å²) < 4.78 is 0. The first-order chi connectivity index (χ1) is 4.46. The topological polar surface area (TPSA) is 49.9 Å². The van der Waals surface area contributed by atoms with Gasteiger partial charge in [-0.05, 0) is 20.8 Å². The molecule has 0 atom stereocenters. The number of rotatable bonds is 2. The van der Waals surface area contributed by atoms with Crippen molar-refractivity contribution in [3.63, 3.8) is 0 Å². The van der Waals surface area contributed by atoms with Crippen LogP contribution in [0.3, 0.4) is 0 Å². The van der Waals surface area contributed by atoms with Crippen LogP contribution in [-0.2, 0) is 0 Å². The van der Waals surface area contributed by atoms with Gasteiger partial charge in [-0.2, -0.15) is 0 Å². The van der Waals surface area contributed by atoms with Crippen molar-refractivity contribution in [2.45, 2.75) is 20.8 Å². The molecule has 0 saturated carbocycles. The molecule has 0 heterocycles. The molecule has 2 nitrogen and oxygen atoms in total. The third-order valence-corrected chi connectivity index (χ3v) is 1.20. The molecule has 0 fully saturated rings. The van der Waals surface area contributed by atoms with E-state index in [2.05, 4.69) is 6.58 Å². The minimum absolute atomic E-state index is 0.479. The molecule has 0 amide bonds. The van der Waals surface area contributed by atoms with Gasteiger partial charge >= 0.3 is 0 Å². The Hall–Kier alpha value is -1.05. The van der Waals surface area contributed by atoms with Crippen molar-refractivity contribution in [3.8, 4) is 0 Å². The van der Waals surface area contributed by atoms with Crippen LogP contribution in [0.2, 0.25) is 0 Å². The van der Waals surface area contributed by atoms with Crippen LogP contribution in [0.25, 0.3) is 0 Å². The lowest BCUT2D eigenvalue weighted by Crippen LogP contribution is -2.07. The quantitative estimate of drug-likeness (QED) is 0.444. The zero-order valence-electron chi connectivity index (χ0n) is 6.78. The first-order valence-electron chi connectivity index (χ1n) is 3.14. The molecule has 0 aromatic heterocycles. The number of nitrogens with one attached hydrogen (secondary N) is 1. The van der Waals surface area contributed by atoms with Crippen LogP contribution in [-0.4, -0.2) is 5.71 Å². The summed E-state index contributed by atoms with van der Waals surface area (Å²) in [6.07, 6.45) is 0. The molecule has 56 valence electrons. The van der Waals surface area contributed by atoms with E-state index in [-0.39, 0.29) is 0 Å². The second kappa shape index (κ2) is 3.20. The molecule has 0 aliphatic carbocycles. The number of hydrogen-bond acceptors (Lipinski definition) is 2. The van der Waals surface area contributed by atoms with Gasteiger partial charge in [0.25, 0.3) is 0 Å². The smallest absolute Gasteiger partial charge is 0.0375 e. The lowest BCUT2D eigenvalue weighted by atomic mass is 10.0. The highest BCUT2D eigenvalue weighted by molar-refractivity contribution is 6.00. The molecule has 0 aromatic carbocycles. The lowest BCUT2D eigenvalue weighted by molar-refractivity contribution is 1.26. The lowest BCUT2D eigenvalue weighted by Gasteiger charge is -2.05. The van der Waals surface area contributed by atoms with Gasteiger partial charge in [0, 0.05) is 17.0 Å². The van der Waals surface area contributed by atoms with Gasteiger partial charge in [-0.25, -0.2) is 0 Å². The van der Waals surface area contributed by atoms with Crippen LogP contribution in [0.1, 0.15) is 20.8 Å². The summed E-state index contributed by atoms with van der Waals surface area (Å²) in [5.41, 5.74) is 8.22. The first-order valence-corrected chi connectivity index (χ1v) is 3.14. The SMILES string of the molecule is C=C(N)C(C(C)=N)=C(C)C. The van der Waals surface area contributed by atoms with E-state index in [9.17, 15) is 0 Å². The molecule has 0 saturated heterocycles. The Morgan fingerprint density at radius 3 is 1.70 bits per heavy atom. The van der Waals surface area contributed by atoms with Gasteiger partial charge in [-0.1, -0.05) is 12.2 Å². The van der Waals surface area contributed by atoms with E-state index in [0.29, 0.717) is 11.4 Å². The average molecular weight is 138 g/mol. The minimum atomic E-state index is 0.479. The normalized spacial score (nSPS) is 8.70. The average Bonchev–Trinajstić information content (AvgIpc) is 1.59. The molecule has 0 rings (SSSR count). The Labute approximate surface area is 61.9 Å². The van der Waals surface area contributed by atoms with Crippen molar-refractivity contribution in [2.75, 3.05) is 0 Å². The van der Waals surface area contributed by atoms with E-state index in [1.54, 1.807) is 6.92 Å². The fourth-order valence-electron chi connectivity index (χ4n) is 0.937. The Balaban J connectivity index is 4.79. The Bertz CT molecular complexity index is 179. The Morgan fingerprint density at radius 2 is 1.70 bits per heavy atom. The fraction of sp³-hybridized carbons (Fsp3) is 0.375. The van der Waals surface area contributed by atoms with Crippen molar-refractivity contribution in [2.24, 2.45) is 5.73 Å². The monoisotopic (exact) mass is 138 g/mol. The molecule has 0 unspecified atom stereocenters. The minimum Gasteiger partial charge on any atom is -0.399 e. The van der Waals surface area contributed by atoms with Gasteiger partial charge in [-0.15, -0.1) is 0 Å². The van der Waals surface area contributed by atoms with Gasteiger partial charge in [0.15, 0.2) is 0 Å². The maximum atomic E-state index is 7.31. The fourth-order valence-corrected chi connectivity index (χ4v) is 0.937. The third-order valence-electron chi connectivity index (χ3n) is 1.20. The second-order valence-electron chi connectivity index (χ2n) is 2.53. The molecule has 0 aliphatic heterocycles. The van der Waals surface area contributed by atoms with E-state index in [4.69, 9.17) is 11.1 Å². The van der Waals surface area contributed by atoms with Crippen molar-refractivity contribution < 1.29 is 0 Å². The van der Waals surface area contributed by atoms with Gasteiger partial charge in [-0.3, -0.25) is 0 Å². The summed E-state index contributed by atoms with van der Waals surface area (Å²) in [7, 11) is 0. The molecular formula is C8H14N2. The van der Waals surface area contributed by atoms with Gasteiger partial charge in [0.05, 0.1) is 0 Å². The summed E-state index contributed by atoms with van der Waals surface area (Å²) in [4.78, 5) is 0. The van der Waals surface area contributed by atoms with E-state index in [1.807, 2.05) is 13.8 Å². The number of hydrogen-bond donors (Lipinski definition) is 2. The van der Waals surface area contributed by atoms with Crippen molar-refractivity contribution in [1.82, 2.24) is 0 Å². The molecule has 2 heteroatoms. The van der Waals surface area contributed by atoms with Crippen LogP contribution in [0.5, 0.6) is 0 Å².